The highest BCUT2D eigenvalue weighted by molar-refractivity contribution is 7.99. The van der Waals surface area contributed by atoms with Crippen molar-refractivity contribution in [3.8, 4) is 17.1 Å². The molecule has 1 atom stereocenters. The SMILES string of the molecule is CCN(CC)S(=O)(=O)c1cccc(-c2nnc(SCC(=O)N3c4ccccc4C[C@H]3C)n2-c2ccccc2)c1. The number of hydrogen-bond donors (Lipinski definition) is 0. The predicted octanol–water partition coefficient (Wildman–Crippen LogP) is 5.03. The number of fused-ring (bicyclic) bond motifs is 1. The lowest BCUT2D eigenvalue weighted by molar-refractivity contribution is -0.116. The molecule has 1 aromatic heterocycles. The molecule has 39 heavy (non-hydrogen) atoms. The Kier molecular flexibility index (Phi) is 7.88. The first-order chi connectivity index (χ1) is 18.8. The Morgan fingerprint density at radius 3 is 2.44 bits per heavy atom. The van der Waals surface area contributed by atoms with Gasteiger partial charge in [-0.25, -0.2) is 8.42 Å². The zero-order chi connectivity index (χ0) is 27.6. The van der Waals surface area contributed by atoms with E-state index >= 15 is 0 Å². The molecule has 3 aromatic carbocycles. The minimum atomic E-state index is -3.64. The van der Waals surface area contributed by atoms with E-state index in [1.807, 2.05) is 77.9 Å². The molecule has 0 bridgehead atoms. The molecule has 0 fully saturated rings. The van der Waals surface area contributed by atoms with Crippen LogP contribution in [0.15, 0.2) is 88.9 Å². The van der Waals surface area contributed by atoms with Gasteiger partial charge in [0.1, 0.15) is 0 Å². The molecule has 0 saturated heterocycles. The van der Waals surface area contributed by atoms with Gasteiger partial charge in [0.25, 0.3) is 0 Å². The van der Waals surface area contributed by atoms with Gasteiger partial charge in [0.05, 0.1) is 10.6 Å². The number of thioether (sulfide) groups is 1. The average Bonchev–Trinajstić information content (AvgIpc) is 3.53. The summed E-state index contributed by atoms with van der Waals surface area (Å²) in [6.07, 6.45) is 0.837. The standard InChI is InChI=1S/C29H31N5O3S2/c1-4-32(5-2)39(36,37)25-16-11-13-23(19-25)28-30-31-29(34(28)24-14-7-6-8-15-24)38-20-27(35)33-21(3)18-22-12-9-10-17-26(22)33/h6-17,19,21H,4-5,18,20H2,1-3H3/t21-/m1/s1. The predicted molar refractivity (Wildman–Crippen MR) is 155 cm³/mol. The number of anilines is 1. The minimum absolute atomic E-state index is 0.00826. The van der Waals surface area contributed by atoms with Crippen molar-refractivity contribution in [2.24, 2.45) is 0 Å². The van der Waals surface area contributed by atoms with Crippen LogP contribution in [0.2, 0.25) is 0 Å². The molecule has 0 N–H and O–H groups in total. The maximum absolute atomic E-state index is 13.4. The molecule has 0 spiro atoms. The molecule has 2 heterocycles. The van der Waals surface area contributed by atoms with Crippen LogP contribution in [0.3, 0.4) is 0 Å². The topological polar surface area (TPSA) is 88.4 Å². The van der Waals surface area contributed by atoms with Crippen molar-refractivity contribution < 1.29 is 13.2 Å². The number of sulfonamides is 1. The fraction of sp³-hybridized carbons (Fsp3) is 0.276. The molecule has 1 aliphatic rings. The fourth-order valence-electron chi connectivity index (χ4n) is 5.01. The van der Waals surface area contributed by atoms with Crippen LogP contribution < -0.4 is 4.90 Å². The van der Waals surface area contributed by atoms with Crippen molar-refractivity contribution in [1.82, 2.24) is 19.1 Å². The normalized spacial score (nSPS) is 15.1. The summed E-state index contributed by atoms with van der Waals surface area (Å²) in [5.74, 6) is 0.710. The lowest BCUT2D eigenvalue weighted by Gasteiger charge is -2.22. The van der Waals surface area contributed by atoms with Gasteiger partial charge in [0.15, 0.2) is 11.0 Å². The lowest BCUT2D eigenvalue weighted by atomic mass is 10.1. The Hall–Kier alpha value is -3.47. The Morgan fingerprint density at radius 2 is 1.69 bits per heavy atom. The number of nitrogens with zero attached hydrogens (tertiary/aromatic N) is 5. The Morgan fingerprint density at radius 1 is 0.974 bits per heavy atom. The van der Waals surface area contributed by atoms with E-state index in [1.165, 1.54) is 21.6 Å². The maximum Gasteiger partial charge on any atom is 0.243 e. The first-order valence-corrected chi connectivity index (χ1v) is 15.4. The summed E-state index contributed by atoms with van der Waals surface area (Å²) in [5.41, 5.74) is 3.59. The molecule has 10 heteroatoms. The average molecular weight is 562 g/mol. The van der Waals surface area contributed by atoms with Crippen LogP contribution in [0, 0.1) is 0 Å². The smallest absolute Gasteiger partial charge is 0.243 e. The van der Waals surface area contributed by atoms with E-state index in [4.69, 9.17) is 0 Å². The quantitative estimate of drug-likeness (QED) is 0.266. The largest absolute Gasteiger partial charge is 0.308 e. The number of benzene rings is 3. The van der Waals surface area contributed by atoms with Crippen LogP contribution in [-0.2, 0) is 21.2 Å². The van der Waals surface area contributed by atoms with Gasteiger partial charge in [-0.1, -0.05) is 74.1 Å². The van der Waals surface area contributed by atoms with E-state index in [0.29, 0.717) is 29.6 Å². The van der Waals surface area contributed by atoms with Gasteiger partial charge >= 0.3 is 0 Å². The zero-order valence-corrected chi connectivity index (χ0v) is 23.8. The first kappa shape index (κ1) is 27.1. The number of rotatable bonds is 9. The Labute approximate surface area is 233 Å². The van der Waals surface area contributed by atoms with Crippen LogP contribution in [0.1, 0.15) is 26.3 Å². The van der Waals surface area contributed by atoms with Gasteiger partial charge in [0.2, 0.25) is 15.9 Å². The first-order valence-electron chi connectivity index (χ1n) is 13.0. The van der Waals surface area contributed by atoms with Gasteiger partial charge in [-0.2, -0.15) is 4.31 Å². The van der Waals surface area contributed by atoms with Gasteiger partial charge in [-0.05, 0) is 49.2 Å². The molecule has 5 rings (SSSR count). The number of carbonyl (C=O) groups is 1. The maximum atomic E-state index is 13.4. The number of carbonyl (C=O) groups excluding carboxylic acids is 1. The summed E-state index contributed by atoms with van der Waals surface area (Å²) in [4.78, 5) is 15.4. The Bertz CT molecular complexity index is 1580. The molecule has 0 saturated carbocycles. The van der Waals surface area contributed by atoms with E-state index in [9.17, 15) is 13.2 Å². The third-order valence-corrected chi connectivity index (χ3v) is 9.84. The summed E-state index contributed by atoms with van der Waals surface area (Å²) in [6, 6.07) is 24.5. The van der Waals surface area contributed by atoms with Crippen molar-refractivity contribution >= 4 is 33.4 Å². The minimum Gasteiger partial charge on any atom is -0.308 e. The third kappa shape index (κ3) is 5.24. The van der Waals surface area contributed by atoms with E-state index in [2.05, 4.69) is 23.2 Å². The zero-order valence-electron chi connectivity index (χ0n) is 22.2. The Balaban J connectivity index is 1.48. The second kappa shape index (κ2) is 11.3. The van der Waals surface area contributed by atoms with Gasteiger partial charge < -0.3 is 4.90 Å². The van der Waals surface area contributed by atoms with Gasteiger partial charge in [-0.15, -0.1) is 10.2 Å². The van der Waals surface area contributed by atoms with Crippen LogP contribution >= 0.6 is 11.8 Å². The van der Waals surface area contributed by atoms with Crippen molar-refractivity contribution in [3.05, 3.63) is 84.4 Å². The summed E-state index contributed by atoms with van der Waals surface area (Å²) in [7, 11) is -3.64. The molecular formula is C29H31N5O3S2. The highest BCUT2D eigenvalue weighted by Gasteiger charge is 2.31. The van der Waals surface area contributed by atoms with E-state index in [-0.39, 0.29) is 22.6 Å². The third-order valence-electron chi connectivity index (χ3n) is 6.88. The molecular weight excluding hydrogens is 530 g/mol. The van der Waals surface area contributed by atoms with Crippen molar-refractivity contribution in [3.63, 3.8) is 0 Å². The molecule has 8 nitrogen and oxygen atoms in total. The second-order valence-corrected chi connectivity index (χ2v) is 12.2. The van der Waals surface area contributed by atoms with Crippen molar-refractivity contribution in [1.29, 1.82) is 0 Å². The number of aromatic nitrogens is 3. The lowest BCUT2D eigenvalue weighted by Crippen LogP contribution is -2.37. The molecule has 1 aliphatic heterocycles. The van der Waals surface area contributed by atoms with E-state index in [1.54, 1.807) is 18.2 Å². The van der Waals surface area contributed by atoms with E-state index in [0.717, 1.165) is 17.8 Å². The molecule has 0 radical (unpaired) electrons. The van der Waals surface area contributed by atoms with E-state index < -0.39 is 10.0 Å². The second-order valence-electron chi connectivity index (χ2n) is 9.33. The number of amides is 1. The van der Waals surface area contributed by atoms with Gasteiger partial charge in [-0.3, -0.25) is 9.36 Å². The van der Waals surface area contributed by atoms with Gasteiger partial charge in [0, 0.05) is 36.1 Å². The van der Waals surface area contributed by atoms with Crippen molar-refractivity contribution in [2.75, 3.05) is 23.7 Å². The monoisotopic (exact) mass is 561 g/mol. The molecule has 1 amide bonds. The summed E-state index contributed by atoms with van der Waals surface area (Å²) >= 11 is 1.32. The van der Waals surface area contributed by atoms with Crippen molar-refractivity contribution in [2.45, 2.75) is 43.3 Å². The fourth-order valence-corrected chi connectivity index (χ4v) is 7.33. The molecule has 0 aliphatic carbocycles. The highest BCUT2D eigenvalue weighted by Crippen LogP contribution is 2.34. The molecule has 0 unspecified atom stereocenters. The molecule has 202 valence electrons. The van der Waals surface area contributed by atoms with Crippen LogP contribution in [0.4, 0.5) is 5.69 Å². The van der Waals surface area contributed by atoms with Crippen LogP contribution in [-0.4, -0.2) is 58.3 Å². The molecule has 4 aromatic rings. The highest BCUT2D eigenvalue weighted by atomic mass is 32.2. The van der Waals surface area contributed by atoms with Crippen LogP contribution in [0.25, 0.3) is 17.1 Å². The summed E-state index contributed by atoms with van der Waals surface area (Å²) in [5, 5.41) is 9.45. The number of para-hydroxylation sites is 2. The number of hydrogen-bond acceptors (Lipinski definition) is 6. The van der Waals surface area contributed by atoms with Crippen LogP contribution in [0.5, 0.6) is 0 Å². The summed E-state index contributed by atoms with van der Waals surface area (Å²) in [6.45, 7) is 6.48. The summed E-state index contributed by atoms with van der Waals surface area (Å²) < 4.78 is 29.7.